The van der Waals surface area contributed by atoms with Crippen LogP contribution in [0.4, 0.5) is 0 Å². The van der Waals surface area contributed by atoms with E-state index in [0.717, 1.165) is 0 Å². The zero-order valence-electron chi connectivity index (χ0n) is 7.90. The molecule has 0 amide bonds. The van der Waals surface area contributed by atoms with Crippen molar-refractivity contribution in [3.05, 3.63) is 0 Å². The summed E-state index contributed by atoms with van der Waals surface area (Å²) in [5, 5.41) is 0. The maximum Gasteiger partial charge on any atom is 2.00 e. The maximum atomic E-state index is 8.88. The summed E-state index contributed by atoms with van der Waals surface area (Å²) >= 11 is 0. The molecule has 0 saturated heterocycles. The molecule has 0 bridgehead atoms. The zero-order chi connectivity index (χ0) is 4.50. The van der Waals surface area contributed by atoms with Crippen molar-refractivity contribution in [1.29, 1.82) is 0 Å². The van der Waals surface area contributed by atoms with Gasteiger partial charge in [0.2, 0.25) is 0 Å². The number of phosphoric acid groups is 1. The Morgan fingerprint density at radius 3 is 1.10 bits per heavy atom. The summed E-state index contributed by atoms with van der Waals surface area (Å²) in [4.78, 5) is 21.6. The van der Waals surface area contributed by atoms with Gasteiger partial charge < -0.3 is 19.0 Å². The maximum absolute atomic E-state index is 8.88. The fourth-order valence-corrected chi connectivity index (χ4v) is 0. The van der Waals surface area contributed by atoms with E-state index >= 15 is 0 Å². The van der Waals surface area contributed by atoms with Crippen LogP contribution in [-0.4, -0.2) is 69.8 Å². The van der Waals surface area contributed by atoms with Crippen LogP contribution in [0.5, 0.6) is 0 Å². The number of rotatable bonds is 0. The van der Waals surface area contributed by atoms with Gasteiger partial charge in [0.1, 0.15) is 0 Å². The predicted molar refractivity (Wildman–Crippen MR) is 33.3 cm³/mol. The van der Waals surface area contributed by atoms with Gasteiger partial charge >= 0.3 is 64.4 Å². The molecule has 0 aromatic heterocycles. The average molecular weight is 274 g/mol. The van der Waals surface area contributed by atoms with E-state index in [1.54, 1.807) is 0 Å². The average Bonchev–Trinajstić information content (AvgIpc) is 0.722. The number of hydrogen-bond donors (Lipinski definition) is 3. The summed E-state index contributed by atoms with van der Waals surface area (Å²) in [7, 11) is -4.64. The van der Waals surface area contributed by atoms with Gasteiger partial charge in [-0.25, -0.2) is 4.57 Å². The van der Waals surface area contributed by atoms with Gasteiger partial charge in [-0.2, -0.15) is 0 Å². The van der Waals surface area contributed by atoms with Crippen molar-refractivity contribution in [3.63, 3.8) is 0 Å². The molecule has 0 aromatic rings. The van der Waals surface area contributed by atoms with E-state index in [1.165, 1.54) is 0 Å². The van der Waals surface area contributed by atoms with Gasteiger partial charge in [-0.1, -0.05) is 0 Å². The second kappa shape index (κ2) is 18.7. The molecule has 0 radical (unpaired) electrons. The minimum absolute atomic E-state index is 0. The van der Waals surface area contributed by atoms with Crippen LogP contribution < -0.4 is 18.9 Å². The van der Waals surface area contributed by atoms with Crippen molar-refractivity contribution in [3.8, 4) is 0 Å². The van der Waals surface area contributed by atoms with Crippen molar-refractivity contribution in [1.82, 2.24) is 0 Å². The normalized spacial score (nSPS) is 5.90. The first-order valence-corrected chi connectivity index (χ1v) is 2.35. The molecule has 0 fully saturated rings. The van der Waals surface area contributed by atoms with Crippen LogP contribution in [-0.2, 0) is 48.0 Å². The first kappa shape index (κ1) is 37.0. The molecule has 3 N–H and O–H groups in total. The SMILES string of the molecule is O=P(O)(O)O.[AlH3].[Ca+2].[H-].[H-].[H-].[Li+].[Ti].[Ti]. The quantitative estimate of drug-likeness (QED) is 0.305. The van der Waals surface area contributed by atoms with Crippen molar-refractivity contribution < 1.29 is 85.8 Å². The molecule has 0 unspecified atom stereocenters. The number of hydrogen-bond acceptors (Lipinski definition) is 1. The third-order valence-corrected chi connectivity index (χ3v) is 0. The van der Waals surface area contributed by atoms with Crippen molar-refractivity contribution in [2.45, 2.75) is 0 Å². The van der Waals surface area contributed by atoms with Crippen LogP contribution in [0.25, 0.3) is 0 Å². The van der Waals surface area contributed by atoms with Gasteiger partial charge in [0.15, 0.2) is 17.4 Å². The standard InChI is InChI=1S/Al.Ca.Li.H3O4P.2Ti.6H/c;;;1-5(2,3)4;;;;;;;;/h;;;(H3,1,2,3,4);;;;;;;;/q;+2;+1;;;;;;;3*-1. The summed E-state index contributed by atoms with van der Waals surface area (Å²) in [6.45, 7) is 0. The Morgan fingerprint density at radius 2 is 1.10 bits per heavy atom. The summed E-state index contributed by atoms with van der Waals surface area (Å²) < 4.78 is 8.88. The van der Waals surface area contributed by atoms with E-state index in [9.17, 15) is 0 Å². The fourth-order valence-electron chi connectivity index (χ4n) is 0. The fraction of sp³-hybridized carbons (Fsp3) is 0. The molecule has 0 aromatic carbocycles. The van der Waals surface area contributed by atoms with Crippen LogP contribution in [0.3, 0.4) is 0 Å². The molecule has 52 valence electrons. The largest absolute Gasteiger partial charge is 2.00 e. The first-order chi connectivity index (χ1) is 2.00. The molecular formula is H9AlCaLiO4PTi2. The van der Waals surface area contributed by atoms with Crippen LogP contribution in [0.15, 0.2) is 0 Å². The Morgan fingerprint density at radius 1 is 1.10 bits per heavy atom. The monoisotopic (exact) mass is 274 g/mol. The summed E-state index contributed by atoms with van der Waals surface area (Å²) in [5.74, 6) is 0. The van der Waals surface area contributed by atoms with Gasteiger partial charge in [-0.15, -0.1) is 0 Å². The Bertz CT molecular complexity index is 79.5. The molecule has 4 nitrogen and oxygen atoms in total. The second-order valence-electron chi connectivity index (χ2n) is 0.513. The molecule has 0 heterocycles. The Balaban J connectivity index is -0.00000000286. The van der Waals surface area contributed by atoms with Gasteiger partial charge in [0, 0.05) is 43.4 Å². The van der Waals surface area contributed by atoms with Gasteiger partial charge in [-0.05, 0) is 0 Å². The zero-order valence-corrected chi connectivity index (χ0v) is 11.1. The Labute approximate surface area is 146 Å². The van der Waals surface area contributed by atoms with Crippen LogP contribution in [0.1, 0.15) is 4.28 Å². The molecule has 0 rings (SSSR count). The summed E-state index contributed by atoms with van der Waals surface area (Å²) in [5.41, 5.74) is 0. The third kappa shape index (κ3) is 92.3. The van der Waals surface area contributed by atoms with Crippen molar-refractivity contribution >= 4 is 62.9 Å². The van der Waals surface area contributed by atoms with Gasteiger partial charge in [0.25, 0.3) is 0 Å². The van der Waals surface area contributed by atoms with Crippen LogP contribution in [0, 0.1) is 0 Å². The molecule has 10 heteroatoms. The summed E-state index contributed by atoms with van der Waals surface area (Å²) in [6.07, 6.45) is 0. The molecule has 0 aliphatic carbocycles. The Hall–Kier alpha value is 3.93. The molecule has 0 spiro atoms. The van der Waals surface area contributed by atoms with Gasteiger partial charge in [0.05, 0.1) is 0 Å². The van der Waals surface area contributed by atoms with Crippen molar-refractivity contribution in [2.24, 2.45) is 0 Å². The van der Waals surface area contributed by atoms with Crippen LogP contribution in [0.2, 0.25) is 0 Å². The topological polar surface area (TPSA) is 77.8 Å². The molecule has 0 aliphatic heterocycles. The van der Waals surface area contributed by atoms with E-state index < -0.39 is 7.82 Å². The van der Waals surface area contributed by atoms with Crippen molar-refractivity contribution in [2.75, 3.05) is 0 Å². The minimum Gasteiger partial charge on any atom is -1.00 e. The minimum atomic E-state index is -4.64. The van der Waals surface area contributed by atoms with E-state index in [2.05, 4.69) is 0 Å². The van der Waals surface area contributed by atoms with E-state index in [4.69, 9.17) is 19.2 Å². The second-order valence-corrected chi connectivity index (χ2v) is 1.54. The first-order valence-electron chi connectivity index (χ1n) is 0.783. The van der Waals surface area contributed by atoms with Crippen LogP contribution >= 0.6 is 7.82 Å². The predicted octanol–water partition coefficient (Wildman–Crippen LogP) is -5.16. The molecule has 0 aliphatic rings. The molecular weight excluding hydrogens is 265 g/mol. The molecule has 0 atom stereocenters. The third-order valence-electron chi connectivity index (χ3n) is 0. The summed E-state index contributed by atoms with van der Waals surface area (Å²) in [6, 6.07) is 0. The van der Waals surface area contributed by atoms with E-state index in [1.807, 2.05) is 0 Å². The smallest absolute Gasteiger partial charge is 1.00 e. The van der Waals surface area contributed by atoms with E-state index in [-0.39, 0.29) is 122 Å². The molecule has 0 saturated carbocycles. The Kier molecular flexibility index (Phi) is 69.1. The molecule has 10 heavy (non-hydrogen) atoms. The van der Waals surface area contributed by atoms with Gasteiger partial charge in [-0.3, -0.25) is 0 Å². The van der Waals surface area contributed by atoms with E-state index in [0.29, 0.717) is 0 Å².